The maximum absolute atomic E-state index is 12.6. The number of amides is 1. The van der Waals surface area contributed by atoms with Gasteiger partial charge in [0.2, 0.25) is 5.91 Å². The molecule has 0 aliphatic rings. The number of rotatable bonds is 6. The van der Waals surface area contributed by atoms with Crippen molar-refractivity contribution < 1.29 is 9.21 Å². The molecule has 4 aromatic rings. The topological polar surface area (TPSA) is 85.6 Å². The van der Waals surface area contributed by atoms with Gasteiger partial charge in [0.1, 0.15) is 11.8 Å². The third kappa shape index (κ3) is 3.33. The Morgan fingerprint density at radius 2 is 2.15 bits per heavy atom. The van der Waals surface area contributed by atoms with E-state index in [1.165, 1.54) is 4.68 Å². The van der Waals surface area contributed by atoms with Crippen LogP contribution in [-0.2, 0) is 17.8 Å². The van der Waals surface area contributed by atoms with Crippen LogP contribution in [0.15, 0.2) is 58.3 Å². The minimum Gasteiger partial charge on any atom is -0.463 e. The zero-order chi connectivity index (χ0) is 18.8. The Morgan fingerprint density at radius 3 is 2.96 bits per heavy atom. The molecule has 0 atom stereocenters. The van der Waals surface area contributed by atoms with Crippen LogP contribution in [0.3, 0.4) is 0 Å². The number of hydrogen-bond donors (Lipinski definition) is 0. The van der Waals surface area contributed by atoms with E-state index in [4.69, 9.17) is 4.42 Å². The lowest BCUT2D eigenvalue weighted by atomic mass is 10.2. The molecule has 0 spiro atoms. The fourth-order valence-corrected chi connectivity index (χ4v) is 3.04. The number of fused-ring (bicyclic) bond motifs is 3. The summed E-state index contributed by atoms with van der Waals surface area (Å²) in [7, 11) is 1.76. The molecule has 8 heteroatoms. The van der Waals surface area contributed by atoms with Crippen molar-refractivity contribution in [3.8, 4) is 0 Å². The van der Waals surface area contributed by atoms with Gasteiger partial charge in [-0.25, -0.2) is 4.68 Å². The molecule has 0 N–H and O–H groups in total. The summed E-state index contributed by atoms with van der Waals surface area (Å²) in [5, 5.41) is 4.18. The number of aromatic nitrogens is 4. The number of pyridine rings is 1. The van der Waals surface area contributed by atoms with Crippen LogP contribution in [0.4, 0.5) is 0 Å². The van der Waals surface area contributed by atoms with Crippen molar-refractivity contribution in [3.05, 3.63) is 65.2 Å². The fraction of sp³-hybridized carbons (Fsp3) is 0.263. The van der Waals surface area contributed by atoms with Crippen LogP contribution in [0.25, 0.3) is 16.6 Å². The standard InChI is InChI=1S/C19H19N5O3/c1-22(9-5-14-4-2-3-8-20-14)18(25)6-10-24-19(26)16-12-17-15(7-11-27-17)23(16)13-21-24/h2-4,7-8,11-13H,5-6,9-10H2,1H3. The van der Waals surface area contributed by atoms with Gasteiger partial charge < -0.3 is 9.32 Å². The molecule has 4 heterocycles. The second-order valence-electron chi connectivity index (χ2n) is 6.37. The monoisotopic (exact) mass is 365 g/mol. The lowest BCUT2D eigenvalue weighted by Crippen LogP contribution is -2.32. The van der Waals surface area contributed by atoms with E-state index in [0.717, 1.165) is 11.2 Å². The SMILES string of the molecule is CN(CCc1ccccn1)C(=O)CCn1ncn2c(cc3occc32)c1=O. The summed E-state index contributed by atoms with van der Waals surface area (Å²) in [6.07, 6.45) is 5.78. The Morgan fingerprint density at radius 1 is 1.26 bits per heavy atom. The molecule has 0 unspecified atom stereocenters. The molecule has 0 radical (unpaired) electrons. The average molecular weight is 365 g/mol. The summed E-state index contributed by atoms with van der Waals surface area (Å²) in [4.78, 5) is 30.9. The summed E-state index contributed by atoms with van der Waals surface area (Å²) in [5.74, 6) is -0.0383. The predicted molar refractivity (Wildman–Crippen MR) is 99.4 cm³/mol. The maximum atomic E-state index is 12.6. The Hall–Kier alpha value is -3.42. The molecule has 0 aliphatic carbocycles. The molecule has 0 aliphatic heterocycles. The first kappa shape index (κ1) is 17.0. The van der Waals surface area contributed by atoms with Gasteiger partial charge in [-0.2, -0.15) is 5.10 Å². The zero-order valence-electron chi connectivity index (χ0n) is 14.9. The van der Waals surface area contributed by atoms with Crippen molar-refractivity contribution in [1.29, 1.82) is 0 Å². The second kappa shape index (κ2) is 7.06. The summed E-state index contributed by atoms with van der Waals surface area (Å²) >= 11 is 0. The van der Waals surface area contributed by atoms with Gasteiger partial charge in [-0.1, -0.05) is 6.07 Å². The largest absolute Gasteiger partial charge is 0.463 e. The number of aryl methyl sites for hydroxylation is 1. The van der Waals surface area contributed by atoms with Crippen LogP contribution in [-0.4, -0.2) is 43.6 Å². The Kier molecular flexibility index (Phi) is 4.45. The van der Waals surface area contributed by atoms with Gasteiger partial charge in [0.05, 0.1) is 18.3 Å². The highest BCUT2D eigenvalue weighted by Crippen LogP contribution is 2.18. The van der Waals surface area contributed by atoms with Gasteiger partial charge in [0.25, 0.3) is 5.56 Å². The first-order valence-corrected chi connectivity index (χ1v) is 8.72. The first-order valence-electron chi connectivity index (χ1n) is 8.72. The summed E-state index contributed by atoms with van der Waals surface area (Å²) in [6.45, 7) is 0.806. The van der Waals surface area contributed by atoms with E-state index in [1.54, 1.807) is 47.3 Å². The molecular formula is C19H19N5O3. The molecule has 0 fully saturated rings. The number of nitrogens with zero attached hydrogens (tertiary/aromatic N) is 5. The summed E-state index contributed by atoms with van der Waals surface area (Å²) in [5.41, 5.74) is 2.62. The molecule has 0 aromatic carbocycles. The van der Waals surface area contributed by atoms with Gasteiger partial charge in [-0.15, -0.1) is 0 Å². The van der Waals surface area contributed by atoms with Crippen molar-refractivity contribution in [1.82, 2.24) is 24.1 Å². The molecule has 4 rings (SSSR count). The number of carbonyl (C=O) groups is 1. The van der Waals surface area contributed by atoms with Crippen molar-refractivity contribution in [3.63, 3.8) is 0 Å². The Balaban J connectivity index is 1.41. The van der Waals surface area contributed by atoms with Crippen molar-refractivity contribution in [2.45, 2.75) is 19.4 Å². The van der Waals surface area contributed by atoms with Gasteiger partial charge in [-0.05, 0) is 12.1 Å². The highest BCUT2D eigenvalue weighted by Gasteiger charge is 2.13. The number of likely N-dealkylation sites (N-methyl/N-ethyl adjacent to an activating group) is 1. The summed E-state index contributed by atoms with van der Waals surface area (Å²) in [6, 6.07) is 9.20. The predicted octanol–water partition coefficient (Wildman–Crippen LogP) is 1.73. The average Bonchev–Trinajstić information content (AvgIpc) is 3.28. The molecule has 4 aromatic heterocycles. The lowest BCUT2D eigenvalue weighted by molar-refractivity contribution is -0.130. The van der Waals surface area contributed by atoms with E-state index >= 15 is 0 Å². The van der Waals surface area contributed by atoms with E-state index < -0.39 is 0 Å². The van der Waals surface area contributed by atoms with Gasteiger partial charge in [0, 0.05) is 50.5 Å². The third-order valence-corrected chi connectivity index (χ3v) is 4.61. The van der Waals surface area contributed by atoms with Crippen molar-refractivity contribution >= 4 is 22.5 Å². The number of hydrogen-bond acceptors (Lipinski definition) is 5. The fourth-order valence-electron chi connectivity index (χ4n) is 3.04. The highest BCUT2D eigenvalue weighted by atomic mass is 16.3. The lowest BCUT2D eigenvalue weighted by Gasteiger charge is -2.17. The second-order valence-corrected chi connectivity index (χ2v) is 6.37. The van der Waals surface area contributed by atoms with Crippen LogP contribution < -0.4 is 5.56 Å². The molecule has 138 valence electrons. The van der Waals surface area contributed by atoms with Gasteiger partial charge in [0.15, 0.2) is 5.58 Å². The Labute approximate surface area is 154 Å². The molecule has 0 saturated carbocycles. The van der Waals surface area contributed by atoms with Crippen molar-refractivity contribution in [2.75, 3.05) is 13.6 Å². The van der Waals surface area contributed by atoms with Crippen LogP contribution in [0.2, 0.25) is 0 Å². The quantitative estimate of drug-likeness (QED) is 0.519. The van der Waals surface area contributed by atoms with Crippen LogP contribution in [0.1, 0.15) is 12.1 Å². The molecule has 8 nitrogen and oxygen atoms in total. The molecular weight excluding hydrogens is 346 g/mol. The molecule has 0 saturated heterocycles. The van der Waals surface area contributed by atoms with E-state index in [2.05, 4.69) is 10.1 Å². The van der Waals surface area contributed by atoms with Gasteiger partial charge >= 0.3 is 0 Å². The van der Waals surface area contributed by atoms with Crippen LogP contribution >= 0.6 is 0 Å². The third-order valence-electron chi connectivity index (χ3n) is 4.61. The maximum Gasteiger partial charge on any atom is 0.291 e. The van der Waals surface area contributed by atoms with Crippen LogP contribution in [0, 0.1) is 0 Å². The zero-order valence-corrected chi connectivity index (χ0v) is 14.9. The summed E-state index contributed by atoms with van der Waals surface area (Å²) < 4.78 is 8.34. The normalized spacial score (nSPS) is 11.3. The van der Waals surface area contributed by atoms with Crippen LogP contribution in [0.5, 0.6) is 0 Å². The molecule has 0 bridgehead atoms. The smallest absolute Gasteiger partial charge is 0.291 e. The minimum atomic E-state index is -0.243. The Bertz CT molecular complexity index is 1140. The highest BCUT2D eigenvalue weighted by molar-refractivity contribution is 5.81. The first-order chi connectivity index (χ1) is 13.1. The molecule has 1 amide bonds. The van der Waals surface area contributed by atoms with E-state index in [9.17, 15) is 9.59 Å². The van der Waals surface area contributed by atoms with E-state index in [1.807, 2.05) is 18.2 Å². The van der Waals surface area contributed by atoms with Gasteiger partial charge in [-0.3, -0.25) is 19.0 Å². The van der Waals surface area contributed by atoms with Crippen molar-refractivity contribution in [2.24, 2.45) is 0 Å². The number of carbonyl (C=O) groups excluding carboxylic acids is 1. The van der Waals surface area contributed by atoms with E-state index in [-0.39, 0.29) is 24.4 Å². The van der Waals surface area contributed by atoms with E-state index in [0.29, 0.717) is 24.1 Å². The molecule has 27 heavy (non-hydrogen) atoms. The minimum absolute atomic E-state index is 0.0383. The number of furan rings is 1.